The molecule has 1 N–H and O–H groups in total. The summed E-state index contributed by atoms with van der Waals surface area (Å²) in [6.45, 7) is -4.94. The molecule has 7 heteroatoms. The number of aromatic nitrogens is 2. The van der Waals surface area contributed by atoms with Crippen molar-refractivity contribution in [3.8, 4) is 56.4 Å². The second-order valence-electron chi connectivity index (χ2n) is 11.8. The van der Waals surface area contributed by atoms with E-state index in [9.17, 15) is 15.2 Å². The average Bonchev–Trinajstić information content (AvgIpc) is 3.50. The summed E-state index contributed by atoms with van der Waals surface area (Å²) in [5.74, 6) is 1.01. The zero-order valence-electron chi connectivity index (χ0n) is 32.4. The third-order valence-corrected chi connectivity index (χ3v) is 8.74. The summed E-state index contributed by atoms with van der Waals surface area (Å²) in [4.78, 5) is 16.7. The lowest BCUT2D eigenvalue weighted by Crippen LogP contribution is -1.99. The molecule has 0 fully saturated rings. The van der Waals surface area contributed by atoms with E-state index in [0.29, 0.717) is 61.1 Å². The highest BCUT2D eigenvalue weighted by Gasteiger charge is 2.22. The summed E-state index contributed by atoms with van der Waals surface area (Å²) in [6.07, 6.45) is 1.47. The Bertz CT molecular complexity index is 2800. The van der Waals surface area contributed by atoms with Gasteiger partial charge in [-0.3, -0.25) is 14.7 Å². The molecule has 0 amide bonds. The summed E-state index contributed by atoms with van der Waals surface area (Å²) in [7, 11) is 0. The first-order valence-electron chi connectivity index (χ1n) is 18.8. The number of ether oxygens (including phenoxy) is 1. The molecular weight excluding hydrogens is 622 g/mol. The van der Waals surface area contributed by atoms with E-state index in [1.165, 1.54) is 30.5 Å². The van der Waals surface area contributed by atoms with Crippen molar-refractivity contribution in [3.05, 3.63) is 167 Å². The molecule has 7 nitrogen and oxygen atoms in total. The van der Waals surface area contributed by atoms with Gasteiger partial charge in [-0.05, 0) is 91.1 Å². The van der Waals surface area contributed by atoms with Gasteiger partial charge in [0, 0.05) is 42.4 Å². The first-order valence-corrected chi connectivity index (χ1v) is 15.8. The molecule has 6 aromatic carbocycles. The van der Waals surface area contributed by atoms with E-state index in [-0.39, 0.29) is 33.3 Å². The van der Waals surface area contributed by atoms with Crippen LogP contribution in [0.5, 0.6) is 17.2 Å². The minimum atomic E-state index is -2.60. The van der Waals surface area contributed by atoms with Gasteiger partial charge in [-0.25, -0.2) is 4.98 Å². The van der Waals surface area contributed by atoms with Crippen LogP contribution in [0.2, 0.25) is 0 Å². The number of nitrogens with zero attached hydrogens (tertiary/aromatic N) is 3. The Morgan fingerprint density at radius 2 is 1.44 bits per heavy atom. The summed E-state index contributed by atoms with van der Waals surface area (Å²) < 4.78 is 57.5. The Morgan fingerprint density at radius 3 is 2.20 bits per heavy atom. The van der Waals surface area contributed by atoms with Gasteiger partial charge in [0.1, 0.15) is 23.1 Å². The highest BCUT2D eigenvalue weighted by atomic mass is 16.6. The molecule has 0 bridgehead atoms. The Kier molecular flexibility index (Phi) is 6.04. The Hall–Kier alpha value is -6.73. The number of aryl methyl sites for hydroxylation is 2. The smallest absolute Gasteiger partial charge is 0.284 e. The van der Waals surface area contributed by atoms with Crippen molar-refractivity contribution in [2.75, 3.05) is 0 Å². The van der Waals surface area contributed by atoms with Crippen LogP contribution in [0, 0.1) is 23.8 Å². The van der Waals surface area contributed by atoms with Crippen molar-refractivity contribution >= 4 is 27.5 Å². The van der Waals surface area contributed by atoms with E-state index in [2.05, 4.69) is 0 Å². The second-order valence-corrected chi connectivity index (χ2v) is 11.8. The fourth-order valence-corrected chi connectivity index (χ4v) is 6.47. The van der Waals surface area contributed by atoms with Crippen LogP contribution >= 0.6 is 0 Å². The van der Waals surface area contributed by atoms with Crippen molar-refractivity contribution in [3.63, 3.8) is 0 Å². The van der Waals surface area contributed by atoms with E-state index >= 15 is 0 Å². The third kappa shape index (κ3) is 5.41. The van der Waals surface area contributed by atoms with Crippen molar-refractivity contribution < 1.29 is 23.0 Å². The third-order valence-electron chi connectivity index (χ3n) is 8.74. The molecule has 2 heterocycles. The fraction of sp³-hybridized carbons (Fsp3) is 0.0465. The molecule has 0 saturated heterocycles. The molecule has 2 aromatic heterocycles. The van der Waals surface area contributed by atoms with Gasteiger partial charge in [0.05, 0.1) is 27.1 Å². The first kappa shape index (κ1) is 24.4. The molecule has 0 atom stereocenters. The van der Waals surface area contributed by atoms with Crippen LogP contribution in [0.3, 0.4) is 0 Å². The van der Waals surface area contributed by atoms with E-state index in [4.69, 9.17) is 17.9 Å². The molecule has 0 aliphatic rings. The monoisotopic (exact) mass is 659 g/mol. The standard InChI is InChI=1S/C43H31N3O4/c1-27-15-22-39-37(23-27)35-21-18-31(47)25-40(35)45(39)42-24-28(2)38(26-44-42)36-11-6-7-14-41(36)50-32-19-16-30(17-20-32)34-13-8-12-33(43(34)46(48)49)29-9-4-3-5-10-29/h3-26,47H,1-2H3/i1D3,2D3. The van der Waals surface area contributed by atoms with Gasteiger partial charge in [-0.2, -0.15) is 0 Å². The zero-order chi connectivity index (χ0) is 39.4. The lowest BCUT2D eigenvalue weighted by atomic mass is 9.96. The second kappa shape index (κ2) is 12.4. The molecule has 0 saturated carbocycles. The number of nitro groups is 1. The number of benzene rings is 6. The number of para-hydroxylation sites is 2. The summed E-state index contributed by atoms with van der Waals surface area (Å²) in [5.41, 5.74) is 4.31. The normalized spacial score (nSPS) is 13.5. The maximum atomic E-state index is 12.3. The number of nitro benzene ring substituents is 1. The minimum Gasteiger partial charge on any atom is -0.508 e. The molecule has 0 aliphatic carbocycles. The van der Waals surface area contributed by atoms with Crippen molar-refractivity contribution in [2.45, 2.75) is 13.7 Å². The zero-order valence-corrected chi connectivity index (χ0v) is 26.4. The number of fused-ring (bicyclic) bond motifs is 3. The number of phenolic OH excluding ortho intramolecular Hbond substituents is 1. The van der Waals surface area contributed by atoms with Gasteiger partial charge in [-0.1, -0.05) is 78.4 Å². The summed E-state index contributed by atoms with van der Waals surface area (Å²) in [6, 6.07) is 39.2. The summed E-state index contributed by atoms with van der Waals surface area (Å²) >= 11 is 0. The molecule has 242 valence electrons. The van der Waals surface area contributed by atoms with Gasteiger partial charge in [-0.15, -0.1) is 0 Å². The van der Waals surface area contributed by atoms with Crippen LogP contribution in [0.4, 0.5) is 5.69 Å². The van der Waals surface area contributed by atoms with Gasteiger partial charge in [0.25, 0.3) is 5.69 Å². The number of hydrogen-bond acceptors (Lipinski definition) is 5. The molecular formula is C43H31N3O4. The molecule has 0 unspecified atom stereocenters. The predicted octanol–water partition coefficient (Wildman–Crippen LogP) is 11.2. The van der Waals surface area contributed by atoms with Crippen LogP contribution in [0.25, 0.3) is 61.0 Å². The van der Waals surface area contributed by atoms with E-state index in [0.717, 1.165) is 5.56 Å². The van der Waals surface area contributed by atoms with E-state index < -0.39 is 13.7 Å². The molecule has 50 heavy (non-hydrogen) atoms. The van der Waals surface area contributed by atoms with Crippen LogP contribution in [0.1, 0.15) is 19.4 Å². The minimum absolute atomic E-state index is 0.00577. The topological polar surface area (TPSA) is 90.4 Å². The Labute approximate surface area is 296 Å². The van der Waals surface area contributed by atoms with E-state index in [1.807, 2.05) is 30.3 Å². The average molecular weight is 660 g/mol. The Morgan fingerprint density at radius 1 is 0.700 bits per heavy atom. The largest absolute Gasteiger partial charge is 0.508 e. The SMILES string of the molecule is [2H]C([2H])([2H])c1ccc2c(c1)c1ccc(O)cc1n2-c1cc(C([2H])([2H])[2H])c(-c2ccccc2Oc2ccc(-c3cccc(-c4ccccc4)c3[N+](=O)[O-])cc2)cn1. The van der Waals surface area contributed by atoms with E-state index in [1.54, 1.807) is 89.5 Å². The number of phenols is 1. The maximum absolute atomic E-state index is 12.3. The number of aromatic hydroxyl groups is 1. The lowest BCUT2D eigenvalue weighted by molar-refractivity contribution is -0.383. The molecule has 0 aliphatic heterocycles. The van der Waals surface area contributed by atoms with Crippen LogP contribution in [0.15, 0.2) is 146 Å². The molecule has 0 spiro atoms. The molecule has 8 aromatic rings. The first-order chi connectivity index (χ1) is 26.8. The van der Waals surface area contributed by atoms with Crippen LogP contribution < -0.4 is 4.74 Å². The maximum Gasteiger partial charge on any atom is 0.284 e. The van der Waals surface area contributed by atoms with Gasteiger partial charge < -0.3 is 9.84 Å². The summed E-state index contributed by atoms with van der Waals surface area (Å²) in [5, 5.41) is 24.1. The number of rotatable bonds is 7. The number of pyridine rings is 1. The van der Waals surface area contributed by atoms with Crippen molar-refractivity contribution in [1.82, 2.24) is 9.55 Å². The van der Waals surface area contributed by atoms with Gasteiger partial charge >= 0.3 is 0 Å². The van der Waals surface area contributed by atoms with Crippen molar-refractivity contribution in [2.24, 2.45) is 0 Å². The Balaban J connectivity index is 1.18. The highest BCUT2D eigenvalue weighted by molar-refractivity contribution is 6.09. The van der Waals surface area contributed by atoms with Crippen molar-refractivity contribution in [1.29, 1.82) is 0 Å². The van der Waals surface area contributed by atoms with Crippen LogP contribution in [-0.2, 0) is 0 Å². The quantitative estimate of drug-likeness (QED) is 0.136. The molecule has 0 radical (unpaired) electrons. The predicted molar refractivity (Wildman–Crippen MR) is 199 cm³/mol. The van der Waals surface area contributed by atoms with Gasteiger partial charge in [0.2, 0.25) is 0 Å². The number of hydrogen-bond donors (Lipinski definition) is 1. The van der Waals surface area contributed by atoms with Gasteiger partial charge in [0.15, 0.2) is 0 Å². The van der Waals surface area contributed by atoms with Crippen LogP contribution in [-0.4, -0.2) is 19.6 Å². The fourth-order valence-electron chi connectivity index (χ4n) is 6.47. The molecule has 8 rings (SSSR count). The lowest BCUT2D eigenvalue weighted by Gasteiger charge is -2.15. The highest BCUT2D eigenvalue weighted by Crippen LogP contribution is 2.41.